The Balaban J connectivity index is 2.05. The van der Waals surface area contributed by atoms with Crippen LogP contribution in [0.1, 0.15) is 16.7 Å². The van der Waals surface area contributed by atoms with Crippen molar-refractivity contribution in [2.24, 2.45) is 5.73 Å². The molecule has 0 aromatic heterocycles. The summed E-state index contributed by atoms with van der Waals surface area (Å²) in [6, 6.07) is 18.1. The van der Waals surface area contributed by atoms with Gasteiger partial charge in [-0.05, 0) is 5.56 Å². The second-order valence-electron chi connectivity index (χ2n) is 4.58. The smallest absolute Gasteiger partial charge is 0.222 e. The Hall–Kier alpha value is -1.68. The fourth-order valence-corrected chi connectivity index (χ4v) is 2.43. The van der Waals surface area contributed by atoms with Gasteiger partial charge in [-0.2, -0.15) is 0 Å². The molecule has 19 heavy (non-hydrogen) atoms. The lowest BCUT2D eigenvalue weighted by Gasteiger charge is -2.28. The molecule has 2 N–H and O–H groups in total. The molecule has 0 saturated carbocycles. The van der Waals surface area contributed by atoms with Crippen LogP contribution in [0.25, 0.3) is 0 Å². The van der Waals surface area contributed by atoms with Crippen LogP contribution in [-0.4, -0.2) is 13.2 Å². The van der Waals surface area contributed by atoms with Gasteiger partial charge in [0.05, 0.1) is 13.2 Å². The van der Waals surface area contributed by atoms with Gasteiger partial charge in [0.1, 0.15) is 0 Å². The Labute approximate surface area is 113 Å². The lowest BCUT2D eigenvalue weighted by atomic mass is 9.96. The summed E-state index contributed by atoms with van der Waals surface area (Å²) < 4.78 is 11.9. The van der Waals surface area contributed by atoms with E-state index in [9.17, 15) is 0 Å². The summed E-state index contributed by atoms with van der Waals surface area (Å²) in [7, 11) is 0. The number of benzene rings is 2. The zero-order chi connectivity index (χ0) is 13.1. The highest BCUT2D eigenvalue weighted by molar-refractivity contribution is 5.36. The van der Waals surface area contributed by atoms with Crippen LogP contribution >= 0.6 is 0 Å². The van der Waals surface area contributed by atoms with Gasteiger partial charge in [-0.15, -0.1) is 0 Å². The molecule has 1 aliphatic rings. The quantitative estimate of drug-likeness (QED) is 0.916. The lowest BCUT2D eigenvalue weighted by molar-refractivity contribution is -0.129. The van der Waals surface area contributed by atoms with Gasteiger partial charge in [-0.3, -0.25) is 0 Å². The average Bonchev–Trinajstić information content (AvgIpc) is 2.99. The number of ether oxygens (including phenoxy) is 2. The molecular formula is C16H17NO2. The number of rotatable bonds is 3. The molecule has 0 aliphatic carbocycles. The van der Waals surface area contributed by atoms with E-state index in [1.807, 2.05) is 54.6 Å². The molecule has 2 aromatic carbocycles. The van der Waals surface area contributed by atoms with Gasteiger partial charge in [0, 0.05) is 17.7 Å². The summed E-state index contributed by atoms with van der Waals surface area (Å²) in [5.74, 6) is -0.769. The predicted molar refractivity (Wildman–Crippen MR) is 73.5 cm³/mol. The van der Waals surface area contributed by atoms with Gasteiger partial charge < -0.3 is 15.2 Å². The highest BCUT2D eigenvalue weighted by Gasteiger charge is 2.40. The maximum absolute atomic E-state index is 5.93. The second kappa shape index (κ2) is 5.13. The van der Waals surface area contributed by atoms with E-state index in [1.165, 1.54) is 0 Å². The topological polar surface area (TPSA) is 44.5 Å². The van der Waals surface area contributed by atoms with Crippen LogP contribution in [0.4, 0.5) is 0 Å². The standard InChI is InChI=1S/C16H17NO2/c17-12-13-6-8-15(9-7-13)16(18-10-11-19-16)14-4-2-1-3-5-14/h1-9H,10-12,17H2. The summed E-state index contributed by atoms with van der Waals surface area (Å²) in [6.07, 6.45) is 0. The van der Waals surface area contributed by atoms with E-state index in [2.05, 4.69) is 0 Å². The predicted octanol–water partition coefficient (Wildman–Crippen LogP) is 2.39. The minimum absolute atomic E-state index is 0.542. The summed E-state index contributed by atoms with van der Waals surface area (Å²) in [4.78, 5) is 0. The van der Waals surface area contributed by atoms with E-state index >= 15 is 0 Å². The van der Waals surface area contributed by atoms with Crippen molar-refractivity contribution in [1.82, 2.24) is 0 Å². The molecule has 2 aromatic rings. The van der Waals surface area contributed by atoms with Gasteiger partial charge in [-0.25, -0.2) is 0 Å². The summed E-state index contributed by atoms with van der Waals surface area (Å²) in [5.41, 5.74) is 8.77. The van der Waals surface area contributed by atoms with Crippen LogP contribution in [0.15, 0.2) is 54.6 Å². The Morgan fingerprint density at radius 2 is 1.42 bits per heavy atom. The first-order valence-electron chi connectivity index (χ1n) is 6.48. The van der Waals surface area contributed by atoms with Crippen molar-refractivity contribution in [3.63, 3.8) is 0 Å². The van der Waals surface area contributed by atoms with Crippen LogP contribution in [-0.2, 0) is 21.8 Å². The molecule has 0 spiro atoms. The van der Waals surface area contributed by atoms with E-state index in [0.717, 1.165) is 16.7 Å². The van der Waals surface area contributed by atoms with Crippen LogP contribution < -0.4 is 5.73 Å². The lowest BCUT2D eigenvalue weighted by Crippen LogP contribution is -2.28. The molecular weight excluding hydrogens is 238 g/mol. The zero-order valence-electron chi connectivity index (χ0n) is 10.7. The average molecular weight is 255 g/mol. The maximum Gasteiger partial charge on any atom is 0.222 e. The van der Waals surface area contributed by atoms with E-state index in [-0.39, 0.29) is 0 Å². The summed E-state index contributed by atoms with van der Waals surface area (Å²) in [5, 5.41) is 0. The first-order chi connectivity index (χ1) is 9.35. The minimum atomic E-state index is -0.769. The van der Waals surface area contributed by atoms with E-state index in [0.29, 0.717) is 19.8 Å². The van der Waals surface area contributed by atoms with Crippen molar-refractivity contribution in [2.75, 3.05) is 13.2 Å². The Morgan fingerprint density at radius 3 is 2.00 bits per heavy atom. The van der Waals surface area contributed by atoms with Crippen LogP contribution in [0, 0.1) is 0 Å². The summed E-state index contributed by atoms with van der Waals surface area (Å²) in [6.45, 7) is 1.75. The third kappa shape index (κ3) is 2.16. The first-order valence-corrected chi connectivity index (χ1v) is 6.48. The molecule has 1 fully saturated rings. The summed E-state index contributed by atoms with van der Waals surface area (Å²) >= 11 is 0. The minimum Gasteiger partial charge on any atom is -0.340 e. The molecule has 3 rings (SSSR count). The monoisotopic (exact) mass is 255 g/mol. The number of hydrogen-bond donors (Lipinski definition) is 1. The molecule has 1 saturated heterocycles. The Kier molecular flexibility index (Phi) is 3.34. The van der Waals surface area contributed by atoms with E-state index < -0.39 is 5.79 Å². The molecule has 0 atom stereocenters. The third-order valence-corrected chi connectivity index (χ3v) is 3.42. The largest absolute Gasteiger partial charge is 0.340 e. The molecule has 0 radical (unpaired) electrons. The van der Waals surface area contributed by atoms with Crippen molar-refractivity contribution in [3.05, 3.63) is 71.3 Å². The fourth-order valence-electron chi connectivity index (χ4n) is 2.43. The van der Waals surface area contributed by atoms with Crippen molar-refractivity contribution in [1.29, 1.82) is 0 Å². The molecule has 98 valence electrons. The van der Waals surface area contributed by atoms with Crippen LogP contribution in [0.3, 0.4) is 0 Å². The van der Waals surface area contributed by atoms with Gasteiger partial charge in [0.25, 0.3) is 0 Å². The second-order valence-corrected chi connectivity index (χ2v) is 4.58. The SMILES string of the molecule is NCc1ccc(C2(c3ccccc3)OCCO2)cc1. The normalized spacial score (nSPS) is 17.5. The van der Waals surface area contributed by atoms with Crippen LogP contribution in [0.2, 0.25) is 0 Å². The van der Waals surface area contributed by atoms with Crippen molar-refractivity contribution < 1.29 is 9.47 Å². The zero-order valence-corrected chi connectivity index (χ0v) is 10.7. The fraction of sp³-hybridized carbons (Fsp3) is 0.250. The number of nitrogens with two attached hydrogens (primary N) is 1. The molecule has 0 bridgehead atoms. The van der Waals surface area contributed by atoms with E-state index in [4.69, 9.17) is 15.2 Å². The Bertz CT molecular complexity index is 530. The van der Waals surface area contributed by atoms with Crippen molar-refractivity contribution in [3.8, 4) is 0 Å². The highest BCUT2D eigenvalue weighted by Crippen LogP contribution is 2.38. The molecule has 3 heteroatoms. The molecule has 0 unspecified atom stereocenters. The Morgan fingerprint density at radius 1 is 0.842 bits per heavy atom. The van der Waals surface area contributed by atoms with Crippen LogP contribution in [0.5, 0.6) is 0 Å². The van der Waals surface area contributed by atoms with Crippen molar-refractivity contribution >= 4 is 0 Å². The van der Waals surface area contributed by atoms with Crippen molar-refractivity contribution in [2.45, 2.75) is 12.3 Å². The number of hydrogen-bond acceptors (Lipinski definition) is 3. The highest BCUT2D eigenvalue weighted by atomic mass is 16.7. The maximum atomic E-state index is 5.93. The molecule has 1 aliphatic heterocycles. The third-order valence-electron chi connectivity index (χ3n) is 3.42. The van der Waals surface area contributed by atoms with Gasteiger partial charge in [0.15, 0.2) is 0 Å². The van der Waals surface area contributed by atoms with Gasteiger partial charge in [0.2, 0.25) is 5.79 Å². The first kappa shape index (κ1) is 12.4. The van der Waals surface area contributed by atoms with Gasteiger partial charge in [-0.1, -0.05) is 54.6 Å². The molecule has 3 nitrogen and oxygen atoms in total. The van der Waals surface area contributed by atoms with E-state index in [1.54, 1.807) is 0 Å². The molecule has 0 amide bonds. The van der Waals surface area contributed by atoms with Gasteiger partial charge >= 0.3 is 0 Å². The molecule has 1 heterocycles.